The van der Waals surface area contributed by atoms with Gasteiger partial charge in [-0.25, -0.2) is 0 Å². The number of hydrogen-bond acceptors (Lipinski definition) is 3. The molecule has 0 aromatic heterocycles. The molecule has 152 valence electrons. The molecule has 1 heterocycles. The van der Waals surface area contributed by atoms with Crippen molar-refractivity contribution >= 4 is 24.3 Å². The molecule has 0 spiro atoms. The average molecular weight is 409 g/mol. The smallest absolute Gasteiger partial charge is 0.393 e. The highest BCUT2D eigenvalue weighted by Gasteiger charge is 2.52. The lowest BCUT2D eigenvalue weighted by atomic mass is 9.96. The van der Waals surface area contributed by atoms with Crippen LogP contribution < -0.4 is 5.32 Å². The first-order valence-electron chi connectivity index (χ1n) is 8.47. The van der Waals surface area contributed by atoms with Crippen molar-refractivity contribution in [2.45, 2.75) is 26.6 Å². The Morgan fingerprint density at radius 1 is 1.30 bits per heavy atom. The van der Waals surface area contributed by atoms with E-state index >= 15 is 0 Å². The number of carboxylic acids is 1. The molecule has 1 saturated heterocycles. The fourth-order valence-electron chi connectivity index (χ4n) is 3.06. The van der Waals surface area contributed by atoms with Gasteiger partial charge in [0.1, 0.15) is 0 Å². The predicted octanol–water partition coefficient (Wildman–Crippen LogP) is 3.19. The van der Waals surface area contributed by atoms with Gasteiger partial charge in [0.25, 0.3) is 5.91 Å². The van der Waals surface area contributed by atoms with E-state index in [9.17, 15) is 22.8 Å². The molecule has 27 heavy (non-hydrogen) atoms. The molecule has 5 nitrogen and oxygen atoms in total. The van der Waals surface area contributed by atoms with Gasteiger partial charge in [0, 0.05) is 31.7 Å². The van der Waals surface area contributed by atoms with Gasteiger partial charge in [-0.2, -0.15) is 13.2 Å². The van der Waals surface area contributed by atoms with E-state index in [4.69, 9.17) is 5.11 Å². The van der Waals surface area contributed by atoms with Crippen molar-refractivity contribution in [3.8, 4) is 0 Å². The number of nitrogens with one attached hydrogen (secondary N) is 1. The molecule has 0 unspecified atom stereocenters. The number of carboxylic acid groups (broad SMARTS) is 1. The average Bonchev–Trinajstić information content (AvgIpc) is 2.97. The molecule has 0 aliphatic carbocycles. The third-order valence-electron chi connectivity index (χ3n) is 4.40. The minimum absolute atomic E-state index is 0. The molecule has 2 atom stereocenters. The van der Waals surface area contributed by atoms with E-state index in [1.165, 1.54) is 4.90 Å². The van der Waals surface area contributed by atoms with Crippen LogP contribution >= 0.6 is 12.4 Å². The quantitative estimate of drug-likeness (QED) is 0.758. The molecule has 1 aliphatic rings. The van der Waals surface area contributed by atoms with Crippen molar-refractivity contribution < 1.29 is 27.9 Å². The minimum atomic E-state index is -4.55. The van der Waals surface area contributed by atoms with Gasteiger partial charge in [-0.15, -0.1) is 12.4 Å². The molecule has 1 fully saturated rings. The zero-order valence-corrected chi connectivity index (χ0v) is 15.9. The zero-order valence-electron chi connectivity index (χ0n) is 15.1. The van der Waals surface area contributed by atoms with Crippen molar-refractivity contribution in [1.82, 2.24) is 10.2 Å². The Balaban J connectivity index is 0.00000364. The standard InChI is InChI=1S/C18H23F3N2O3.ClH/c1-11(2)7-22-16(24)13-5-3-4-12(6-13)8-23-9-14(17(25)26)15(10-23)18(19,20)21;/h3-6,11,14-15H,7-10H2,1-2H3,(H,22,24)(H,25,26);1H/t14-,15-;/m1./s1. The summed E-state index contributed by atoms with van der Waals surface area (Å²) >= 11 is 0. The SMILES string of the molecule is CC(C)CNC(=O)c1cccc(CN2C[C@@H](C(F)(F)F)[C@H](C(=O)O)C2)c1.Cl. The molecular weight excluding hydrogens is 385 g/mol. The molecule has 9 heteroatoms. The van der Waals surface area contributed by atoms with E-state index in [0.29, 0.717) is 23.6 Å². The second-order valence-electron chi connectivity index (χ2n) is 7.09. The minimum Gasteiger partial charge on any atom is -0.481 e. The zero-order chi connectivity index (χ0) is 19.5. The highest BCUT2D eigenvalue weighted by molar-refractivity contribution is 5.94. The number of carbonyl (C=O) groups is 2. The Bertz CT molecular complexity index is 667. The summed E-state index contributed by atoms with van der Waals surface area (Å²) in [4.78, 5) is 24.7. The first-order chi connectivity index (χ1) is 12.1. The van der Waals surface area contributed by atoms with Crippen LogP contribution in [0.4, 0.5) is 13.2 Å². The van der Waals surface area contributed by atoms with E-state index in [1.54, 1.807) is 24.3 Å². The summed E-state index contributed by atoms with van der Waals surface area (Å²) in [6.07, 6.45) is -4.55. The second-order valence-corrected chi connectivity index (χ2v) is 7.09. The highest BCUT2D eigenvalue weighted by Crippen LogP contribution is 2.38. The summed E-state index contributed by atoms with van der Waals surface area (Å²) in [5.74, 6) is -4.71. The Hall–Kier alpha value is -1.80. The molecule has 0 radical (unpaired) electrons. The van der Waals surface area contributed by atoms with Crippen LogP contribution in [0.1, 0.15) is 29.8 Å². The second kappa shape index (κ2) is 9.41. The fraction of sp³-hybridized carbons (Fsp3) is 0.556. The van der Waals surface area contributed by atoms with E-state index < -0.39 is 24.0 Å². The number of benzene rings is 1. The van der Waals surface area contributed by atoms with Gasteiger partial charge in [0.15, 0.2) is 0 Å². The largest absolute Gasteiger partial charge is 0.481 e. The summed E-state index contributed by atoms with van der Waals surface area (Å²) < 4.78 is 39.2. The molecule has 2 N–H and O–H groups in total. The first kappa shape index (κ1) is 23.2. The van der Waals surface area contributed by atoms with Crippen LogP contribution in [0.3, 0.4) is 0 Å². The summed E-state index contributed by atoms with van der Waals surface area (Å²) in [7, 11) is 0. The number of alkyl halides is 3. The van der Waals surface area contributed by atoms with Gasteiger partial charge in [-0.3, -0.25) is 14.5 Å². The maximum absolute atomic E-state index is 13.1. The maximum Gasteiger partial charge on any atom is 0.393 e. The number of aliphatic carboxylic acids is 1. The molecule has 2 rings (SSSR count). The third kappa shape index (κ3) is 6.39. The van der Waals surface area contributed by atoms with E-state index in [0.717, 1.165) is 0 Å². The van der Waals surface area contributed by atoms with Gasteiger partial charge < -0.3 is 10.4 Å². The normalized spacial score (nSPS) is 20.4. The van der Waals surface area contributed by atoms with Crippen LogP contribution in [-0.4, -0.2) is 47.7 Å². The van der Waals surface area contributed by atoms with Gasteiger partial charge in [-0.05, 0) is 23.6 Å². The van der Waals surface area contributed by atoms with Crippen LogP contribution in [-0.2, 0) is 11.3 Å². The number of hydrogen-bond donors (Lipinski definition) is 2. The highest BCUT2D eigenvalue weighted by atomic mass is 35.5. The van der Waals surface area contributed by atoms with Gasteiger partial charge >= 0.3 is 12.1 Å². The molecular formula is C18H24ClF3N2O3. The summed E-state index contributed by atoms with van der Waals surface area (Å²) in [6.45, 7) is 4.12. The van der Waals surface area contributed by atoms with Crippen molar-refractivity contribution in [2.75, 3.05) is 19.6 Å². The number of rotatable bonds is 6. The van der Waals surface area contributed by atoms with Crippen molar-refractivity contribution in [3.05, 3.63) is 35.4 Å². The van der Waals surface area contributed by atoms with E-state index in [-0.39, 0.29) is 37.9 Å². The first-order valence-corrected chi connectivity index (χ1v) is 8.47. The maximum atomic E-state index is 13.1. The van der Waals surface area contributed by atoms with Gasteiger partial charge in [0.2, 0.25) is 0 Å². The molecule has 1 aromatic carbocycles. The topological polar surface area (TPSA) is 69.6 Å². The van der Waals surface area contributed by atoms with Crippen molar-refractivity contribution in [3.63, 3.8) is 0 Å². The van der Waals surface area contributed by atoms with Crippen LogP contribution in [0.2, 0.25) is 0 Å². The number of likely N-dealkylation sites (tertiary alicyclic amines) is 1. The number of carbonyl (C=O) groups excluding carboxylic acids is 1. The summed E-state index contributed by atoms with van der Waals surface area (Å²) in [6, 6.07) is 6.66. The number of amides is 1. The summed E-state index contributed by atoms with van der Waals surface area (Å²) in [5.41, 5.74) is 1.11. The van der Waals surface area contributed by atoms with Gasteiger partial charge in [-0.1, -0.05) is 26.0 Å². The van der Waals surface area contributed by atoms with Crippen LogP contribution in [0.25, 0.3) is 0 Å². The summed E-state index contributed by atoms with van der Waals surface area (Å²) in [5, 5.41) is 11.9. The molecule has 1 aliphatic heterocycles. The Kier molecular flexibility index (Phi) is 8.10. The fourth-order valence-corrected chi connectivity index (χ4v) is 3.06. The number of nitrogens with zero attached hydrogens (tertiary/aromatic N) is 1. The van der Waals surface area contributed by atoms with Crippen LogP contribution in [0.15, 0.2) is 24.3 Å². The molecule has 1 aromatic rings. The van der Waals surface area contributed by atoms with Crippen LogP contribution in [0.5, 0.6) is 0 Å². The predicted molar refractivity (Wildman–Crippen MR) is 96.8 cm³/mol. The Morgan fingerprint density at radius 2 is 1.96 bits per heavy atom. The Morgan fingerprint density at radius 3 is 2.48 bits per heavy atom. The van der Waals surface area contributed by atoms with E-state index in [2.05, 4.69) is 5.32 Å². The lowest BCUT2D eigenvalue weighted by Crippen LogP contribution is -2.33. The molecule has 1 amide bonds. The molecule has 0 saturated carbocycles. The van der Waals surface area contributed by atoms with Crippen molar-refractivity contribution in [1.29, 1.82) is 0 Å². The lowest BCUT2D eigenvalue weighted by Gasteiger charge is -2.18. The third-order valence-corrected chi connectivity index (χ3v) is 4.40. The van der Waals surface area contributed by atoms with Gasteiger partial charge in [0.05, 0.1) is 11.8 Å². The lowest BCUT2D eigenvalue weighted by molar-refractivity contribution is -0.188. The molecule has 0 bridgehead atoms. The monoisotopic (exact) mass is 408 g/mol. The van der Waals surface area contributed by atoms with Crippen LogP contribution in [0, 0.1) is 17.8 Å². The van der Waals surface area contributed by atoms with Crippen molar-refractivity contribution in [2.24, 2.45) is 17.8 Å². The van der Waals surface area contributed by atoms with E-state index in [1.807, 2.05) is 13.8 Å². The Labute approximate surface area is 162 Å². The number of halogens is 4.